The fourth-order valence-electron chi connectivity index (χ4n) is 1.80. The van der Waals surface area contributed by atoms with Crippen molar-refractivity contribution in [2.75, 3.05) is 13.1 Å². The summed E-state index contributed by atoms with van der Waals surface area (Å²) in [5.74, 6) is 0. The normalized spacial score (nSPS) is 12.8. The van der Waals surface area contributed by atoms with Gasteiger partial charge in [0, 0.05) is 13.1 Å². The van der Waals surface area contributed by atoms with Gasteiger partial charge in [0.25, 0.3) is 0 Å². The number of nitrogens with one attached hydrogen (secondary N) is 2. The maximum absolute atomic E-state index is 12.4. The number of halogens is 3. The summed E-state index contributed by atoms with van der Waals surface area (Å²) in [5.41, 5.74) is 0.0335. The molecule has 7 heteroatoms. The lowest BCUT2D eigenvalue weighted by Crippen LogP contribution is -2.37. The van der Waals surface area contributed by atoms with Crippen LogP contribution in [0.4, 0.5) is 18.0 Å². The minimum Gasteiger partial charge on any atom is -0.393 e. The molecule has 1 unspecified atom stereocenters. The van der Waals surface area contributed by atoms with Gasteiger partial charge < -0.3 is 15.7 Å². The highest BCUT2D eigenvalue weighted by Gasteiger charge is 2.29. The van der Waals surface area contributed by atoms with Crippen LogP contribution in [0.3, 0.4) is 0 Å². The molecule has 1 aromatic carbocycles. The molecule has 0 saturated heterocycles. The predicted molar refractivity (Wildman–Crippen MR) is 77.5 cm³/mol. The van der Waals surface area contributed by atoms with Gasteiger partial charge >= 0.3 is 12.2 Å². The Kier molecular flexibility index (Phi) is 7.17. The van der Waals surface area contributed by atoms with Crippen molar-refractivity contribution in [2.24, 2.45) is 0 Å². The second-order valence-electron chi connectivity index (χ2n) is 4.98. The average molecular weight is 318 g/mol. The van der Waals surface area contributed by atoms with E-state index in [2.05, 4.69) is 10.6 Å². The highest BCUT2D eigenvalue weighted by atomic mass is 19.4. The van der Waals surface area contributed by atoms with Crippen molar-refractivity contribution in [3.63, 3.8) is 0 Å². The molecule has 0 fully saturated rings. The Hall–Kier alpha value is -1.76. The van der Waals surface area contributed by atoms with E-state index >= 15 is 0 Å². The average Bonchev–Trinajstić information content (AvgIpc) is 2.46. The molecule has 0 radical (unpaired) electrons. The molecule has 0 aliphatic heterocycles. The van der Waals surface area contributed by atoms with Crippen molar-refractivity contribution < 1.29 is 23.1 Å². The van der Waals surface area contributed by atoms with Crippen LogP contribution >= 0.6 is 0 Å². The number of hydrogen-bond acceptors (Lipinski definition) is 2. The lowest BCUT2D eigenvalue weighted by Gasteiger charge is -2.10. The van der Waals surface area contributed by atoms with Crippen LogP contribution in [0.1, 0.15) is 30.9 Å². The summed E-state index contributed by atoms with van der Waals surface area (Å²) in [6, 6.07) is 4.51. The van der Waals surface area contributed by atoms with E-state index in [1.807, 2.05) is 6.92 Å². The molecule has 3 N–H and O–H groups in total. The zero-order valence-electron chi connectivity index (χ0n) is 12.4. The third-order valence-corrected chi connectivity index (χ3v) is 3.21. The van der Waals surface area contributed by atoms with Gasteiger partial charge in [-0.1, -0.05) is 19.1 Å². The van der Waals surface area contributed by atoms with E-state index < -0.39 is 17.8 Å². The van der Waals surface area contributed by atoms with Gasteiger partial charge in [-0.25, -0.2) is 4.79 Å². The molecule has 0 spiro atoms. The van der Waals surface area contributed by atoms with Gasteiger partial charge in [-0.3, -0.25) is 0 Å². The summed E-state index contributed by atoms with van der Waals surface area (Å²) >= 11 is 0. The maximum Gasteiger partial charge on any atom is 0.416 e. The Bertz CT molecular complexity index is 461. The molecular formula is C15H21F3N2O2. The number of benzene rings is 1. The van der Waals surface area contributed by atoms with Crippen LogP contribution in [0, 0.1) is 0 Å². The number of urea groups is 1. The molecule has 0 aliphatic carbocycles. The van der Waals surface area contributed by atoms with E-state index in [4.69, 9.17) is 0 Å². The Morgan fingerprint density at radius 2 is 1.77 bits per heavy atom. The van der Waals surface area contributed by atoms with Crippen LogP contribution in [-0.2, 0) is 12.6 Å². The van der Waals surface area contributed by atoms with Gasteiger partial charge in [-0.15, -0.1) is 0 Å². The first-order valence-electron chi connectivity index (χ1n) is 7.18. The topological polar surface area (TPSA) is 61.4 Å². The number of carbonyl (C=O) groups is 1. The standard InChI is InChI=1S/C15H21F3N2O2/c1-2-13(21)8-10-20-14(22)19-9-7-11-3-5-12(6-4-11)15(16,17)18/h3-6,13,21H,2,7-10H2,1H3,(H2,19,20,22). The Labute approximate surface area is 127 Å². The van der Waals surface area contributed by atoms with Crippen molar-refractivity contribution in [3.05, 3.63) is 35.4 Å². The van der Waals surface area contributed by atoms with Gasteiger partial charge in [0.15, 0.2) is 0 Å². The minimum absolute atomic E-state index is 0.327. The molecule has 0 aromatic heterocycles. The second-order valence-corrected chi connectivity index (χ2v) is 4.98. The molecule has 2 amide bonds. The zero-order valence-corrected chi connectivity index (χ0v) is 12.4. The van der Waals surface area contributed by atoms with Crippen molar-refractivity contribution in [3.8, 4) is 0 Å². The Balaban J connectivity index is 2.25. The number of hydrogen-bond donors (Lipinski definition) is 3. The van der Waals surface area contributed by atoms with Gasteiger partial charge in [0.1, 0.15) is 0 Å². The Morgan fingerprint density at radius 1 is 1.18 bits per heavy atom. The third kappa shape index (κ3) is 6.80. The fourth-order valence-corrected chi connectivity index (χ4v) is 1.80. The molecule has 124 valence electrons. The van der Waals surface area contributed by atoms with Crippen LogP contribution in [0.5, 0.6) is 0 Å². The van der Waals surface area contributed by atoms with E-state index in [1.54, 1.807) is 0 Å². The van der Waals surface area contributed by atoms with Crippen LogP contribution < -0.4 is 10.6 Å². The third-order valence-electron chi connectivity index (χ3n) is 3.21. The summed E-state index contributed by atoms with van der Waals surface area (Å²) in [5, 5.41) is 14.5. The molecule has 1 aromatic rings. The number of rotatable bonds is 7. The molecule has 0 heterocycles. The minimum atomic E-state index is -4.33. The fraction of sp³-hybridized carbons (Fsp3) is 0.533. The lowest BCUT2D eigenvalue weighted by atomic mass is 10.1. The monoisotopic (exact) mass is 318 g/mol. The van der Waals surface area contributed by atoms with Crippen molar-refractivity contribution in [2.45, 2.75) is 38.5 Å². The van der Waals surface area contributed by atoms with Crippen LogP contribution in [-0.4, -0.2) is 30.3 Å². The number of amides is 2. The zero-order chi connectivity index (χ0) is 16.6. The molecule has 1 atom stereocenters. The van der Waals surface area contributed by atoms with Gasteiger partial charge in [-0.2, -0.15) is 13.2 Å². The highest BCUT2D eigenvalue weighted by Crippen LogP contribution is 2.29. The molecular weight excluding hydrogens is 297 g/mol. The molecule has 4 nitrogen and oxygen atoms in total. The molecule has 22 heavy (non-hydrogen) atoms. The Morgan fingerprint density at radius 3 is 2.32 bits per heavy atom. The summed E-state index contributed by atoms with van der Waals surface area (Å²) < 4.78 is 37.2. The number of alkyl halides is 3. The number of aliphatic hydroxyl groups excluding tert-OH is 1. The quantitative estimate of drug-likeness (QED) is 0.724. The van der Waals surface area contributed by atoms with Gasteiger partial charge in [-0.05, 0) is 37.0 Å². The van der Waals surface area contributed by atoms with E-state index in [9.17, 15) is 23.1 Å². The first-order chi connectivity index (χ1) is 10.3. The summed E-state index contributed by atoms with van der Waals surface area (Å²) in [6.07, 6.45) is -3.18. The number of carbonyl (C=O) groups excluding carboxylic acids is 1. The second kappa shape index (κ2) is 8.63. The van der Waals surface area contributed by atoms with E-state index in [-0.39, 0.29) is 6.03 Å². The maximum atomic E-state index is 12.4. The SMILES string of the molecule is CCC(O)CCNC(=O)NCCc1ccc(C(F)(F)F)cc1. The number of aliphatic hydroxyl groups is 1. The van der Waals surface area contributed by atoms with E-state index in [1.165, 1.54) is 12.1 Å². The first-order valence-corrected chi connectivity index (χ1v) is 7.18. The van der Waals surface area contributed by atoms with E-state index in [0.717, 1.165) is 17.7 Å². The van der Waals surface area contributed by atoms with Gasteiger partial charge in [0.2, 0.25) is 0 Å². The largest absolute Gasteiger partial charge is 0.416 e. The first kappa shape index (κ1) is 18.3. The van der Waals surface area contributed by atoms with Crippen molar-refractivity contribution >= 4 is 6.03 Å². The summed E-state index contributed by atoms with van der Waals surface area (Å²) in [6.45, 7) is 2.56. The summed E-state index contributed by atoms with van der Waals surface area (Å²) in [4.78, 5) is 11.4. The van der Waals surface area contributed by atoms with E-state index in [0.29, 0.717) is 32.4 Å². The van der Waals surface area contributed by atoms with Crippen molar-refractivity contribution in [1.82, 2.24) is 10.6 Å². The van der Waals surface area contributed by atoms with Crippen LogP contribution in [0.25, 0.3) is 0 Å². The smallest absolute Gasteiger partial charge is 0.393 e. The molecule has 0 bridgehead atoms. The molecule has 1 rings (SSSR count). The van der Waals surface area contributed by atoms with Crippen LogP contribution in [0.2, 0.25) is 0 Å². The predicted octanol–water partition coefficient (Wildman–Crippen LogP) is 2.71. The van der Waals surface area contributed by atoms with Gasteiger partial charge in [0.05, 0.1) is 11.7 Å². The summed E-state index contributed by atoms with van der Waals surface area (Å²) in [7, 11) is 0. The molecule has 0 saturated carbocycles. The molecule has 0 aliphatic rings. The lowest BCUT2D eigenvalue weighted by molar-refractivity contribution is -0.137. The van der Waals surface area contributed by atoms with Crippen molar-refractivity contribution in [1.29, 1.82) is 0 Å². The van der Waals surface area contributed by atoms with Crippen LogP contribution in [0.15, 0.2) is 24.3 Å². The highest BCUT2D eigenvalue weighted by molar-refractivity contribution is 5.73.